The van der Waals surface area contributed by atoms with E-state index in [-0.39, 0.29) is 22.0 Å². The molecule has 120 valence electrons. The van der Waals surface area contributed by atoms with Crippen molar-refractivity contribution < 1.29 is 5.11 Å². The van der Waals surface area contributed by atoms with Crippen LogP contribution in [-0.4, -0.2) is 5.11 Å². The van der Waals surface area contributed by atoms with Crippen LogP contribution in [0, 0.1) is 0 Å². The highest BCUT2D eigenvalue weighted by molar-refractivity contribution is 5.66. The number of benzene rings is 1. The number of hydrogen-bond donors (Lipinski definition) is 1. The van der Waals surface area contributed by atoms with E-state index in [1.54, 1.807) is 12.1 Å². The van der Waals surface area contributed by atoms with E-state index in [1.165, 1.54) is 36.1 Å². The fourth-order valence-corrected chi connectivity index (χ4v) is 3.52. The highest BCUT2D eigenvalue weighted by Gasteiger charge is 2.36. The molecule has 2 heteroatoms. The molecule has 23 heavy (non-hydrogen) atoms. The first-order valence-corrected chi connectivity index (χ1v) is 8.19. The monoisotopic (exact) mass is 308 g/mol. The molecule has 0 saturated carbocycles. The fraction of sp³-hybridized carbons (Fsp3) is 0.381. The van der Waals surface area contributed by atoms with Crippen molar-refractivity contribution in [1.82, 2.24) is 0 Å². The average molecular weight is 308 g/mol. The Bertz CT molecular complexity index is 816. The predicted molar refractivity (Wildman–Crippen MR) is 95.1 cm³/mol. The molecule has 0 amide bonds. The van der Waals surface area contributed by atoms with Gasteiger partial charge in [0.2, 0.25) is 5.43 Å². The summed E-state index contributed by atoms with van der Waals surface area (Å²) in [4.78, 5) is 11.6. The van der Waals surface area contributed by atoms with E-state index in [1.807, 2.05) is 0 Å². The molecule has 2 aromatic carbocycles. The van der Waals surface area contributed by atoms with Gasteiger partial charge in [0.05, 0.1) is 0 Å². The van der Waals surface area contributed by atoms with Crippen LogP contribution < -0.4 is 5.43 Å². The fourth-order valence-electron chi connectivity index (χ4n) is 3.52. The summed E-state index contributed by atoms with van der Waals surface area (Å²) in [5, 5.41) is 9.58. The maximum absolute atomic E-state index is 11.6. The summed E-state index contributed by atoms with van der Waals surface area (Å²) in [6, 6.07) is 13.1. The van der Waals surface area contributed by atoms with E-state index in [9.17, 15) is 9.90 Å². The Labute approximate surface area is 137 Å². The Kier molecular flexibility index (Phi) is 3.59. The summed E-state index contributed by atoms with van der Waals surface area (Å²) in [5.74, 6) is -0.212. The Hall–Kier alpha value is -2.09. The first-order chi connectivity index (χ1) is 10.7. The Morgan fingerprint density at radius 3 is 2.04 bits per heavy atom. The lowest BCUT2D eigenvalue weighted by atomic mass is 9.63. The second-order valence-electron chi connectivity index (χ2n) is 7.90. The molecule has 0 aliphatic heterocycles. The molecule has 2 nitrogen and oxygen atoms in total. The SMILES string of the molecule is CC1(C)CCC(C)(C)c2cc(-c3ccc(O)c(=O)cc3)ccc21. The molecule has 0 bridgehead atoms. The van der Waals surface area contributed by atoms with Crippen molar-refractivity contribution in [2.75, 3.05) is 0 Å². The minimum atomic E-state index is -0.351. The third-order valence-corrected chi connectivity index (χ3v) is 5.27. The molecular formula is C21H24O2. The molecule has 3 rings (SSSR count). The van der Waals surface area contributed by atoms with Gasteiger partial charge in [0, 0.05) is 0 Å². The van der Waals surface area contributed by atoms with Gasteiger partial charge in [0.25, 0.3) is 0 Å². The van der Waals surface area contributed by atoms with Crippen molar-refractivity contribution in [2.45, 2.75) is 51.4 Å². The van der Waals surface area contributed by atoms with Crippen LogP contribution in [0.5, 0.6) is 5.75 Å². The van der Waals surface area contributed by atoms with Gasteiger partial charge in [-0.25, -0.2) is 0 Å². The van der Waals surface area contributed by atoms with Crippen LogP contribution in [0.1, 0.15) is 51.7 Å². The summed E-state index contributed by atoms with van der Waals surface area (Å²) in [7, 11) is 0. The lowest BCUT2D eigenvalue weighted by molar-refractivity contribution is 0.332. The predicted octanol–water partition coefficient (Wildman–Crippen LogP) is 4.77. The molecule has 0 radical (unpaired) electrons. The minimum absolute atomic E-state index is 0.156. The topological polar surface area (TPSA) is 37.3 Å². The second-order valence-corrected chi connectivity index (χ2v) is 7.90. The molecule has 0 unspecified atom stereocenters. The number of fused-ring (bicyclic) bond motifs is 1. The van der Waals surface area contributed by atoms with Gasteiger partial charge < -0.3 is 5.11 Å². The lowest BCUT2D eigenvalue weighted by Crippen LogP contribution is -2.33. The Balaban J connectivity index is 2.18. The molecule has 0 saturated heterocycles. The first-order valence-electron chi connectivity index (χ1n) is 8.19. The van der Waals surface area contributed by atoms with Crippen molar-refractivity contribution in [2.24, 2.45) is 0 Å². The van der Waals surface area contributed by atoms with Crippen LogP contribution in [0.15, 0.2) is 47.3 Å². The van der Waals surface area contributed by atoms with E-state index < -0.39 is 0 Å². The number of rotatable bonds is 1. The first kappa shape index (κ1) is 15.8. The molecule has 0 atom stereocenters. The van der Waals surface area contributed by atoms with Gasteiger partial charge in [-0.3, -0.25) is 4.79 Å². The molecular weight excluding hydrogens is 284 g/mol. The van der Waals surface area contributed by atoms with Crippen LogP contribution in [0.4, 0.5) is 0 Å². The quantitative estimate of drug-likeness (QED) is 0.824. The van der Waals surface area contributed by atoms with Crippen molar-refractivity contribution in [3.63, 3.8) is 0 Å². The van der Waals surface area contributed by atoms with E-state index in [2.05, 4.69) is 45.9 Å². The molecule has 1 aliphatic rings. The molecule has 0 spiro atoms. The summed E-state index contributed by atoms with van der Waals surface area (Å²) in [5.41, 5.74) is 4.86. The molecule has 1 aliphatic carbocycles. The summed E-state index contributed by atoms with van der Waals surface area (Å²) < 4.78 is 0. The maximum Gasteiger partial charge on any atom is 0.220 e. The van der Waals surface area contributed by atoms with E-state index >= 15 is 0 Å². The van der Waals surface area contributed by atoms with Crippen molar-refractivity contribution in [3.05, 3.63) is 63.8 Å². The van der Waals surface area contributed by atoms with Crippen LogP contribution in [0.25, 0.3) is 11.1 Å². The van der Waals surface area contributed by atoms with E-state index in [0.29, 0.717) is 0 Å². The van der Waals surface area contributed by atoms with Gasteiger partial charge in [0.15, 0.2) is 5.75 Å². The third kappa shape index (κ3) is 2.78. The van der Waals surface area contributed by atoms with Crippen LogP contribution in [0.2, 0.25) is 0 Å². The summed E-state index contributed by atoms with van der Waals surface area (Å²) >= 11 is 0. The Morgan fingerprint density at radius 1 is 0.783 bits per heavy atom. The van der Waals surface area contributed by atoms with Gasteiger partial charge in [0.1, 0.15) is 0 Å². The average Bonchev–Trinajstić information content (AvgIpc) is 2.67. The van der Waals surface area contributed by atoms with Crippen molar-refractivity contribution in [1.29, 1.82) is 0 Å². The number of hydrogen-bond acceptors (Lipinski definition) is 2. The highest BCUT2D eigenvalue weighted by Crippen LogP contribution is 2.46. The second kappa shape index (κ2) is 5.23. The maximum atomic E-state index is 11.6. The molecule has 0 aromatic heterocycles. The smallest absolute Gasteiger partial charge is 0.220 e. The Morgan fingerprint density at radius 2 is 1.35 bits per heavy atom. The molecule has 0 heterocycles. The van der Waals surface area contributed by atoms with E-state index in [0.717, 1.165) is 11.1 Å². The van der Waals surface area contributed by atoms with Gasteiger partial charge >= 0.3 is 0 Å². The van der Waals surface area contributed by atoms with Gasteiger partial charge in [-0.2, -0.15) is 0 Å². The zero-order chi connectivity index (χ0) is 16.8. The van der Waals surface area contributed by atoms with E-state index in [4.69, 9.17) is 0 Å². The third-order valence-electron chi connectivity index (χ3n) is 5.27. The highest BCUT2D eigenvalue weighted by atomic mass is 16.3. The summed E-state index contributed by atoms with van der Waals surface area (Å²) in [6.07, 6.45) is 2.37. The van der Waals surface area contributed by atoms with Crippen LogP contribution >= 0.6 is 0 Å². The minimum Gasteiger partial charge on any atom is -0.504 e. The zero-order valence-electron chi connectivity index (χ0n) is 14.3. The van der Waals surface area contributed by atoms with Crippen LogP contribution in [0.3, 0.4) is 0 Å². The standard InChI is InChI=1S/C21H24O2/c1-20(2)11-12-21(3,4)17-13-15(5-8-16(17)20)14-6-9-18(22)19(23)10-7-14/h5-10,13H,11-12H2,1-4H3,(H,22,23). The number of aromatic hydroxyl groups is 1. The molecule has 2 aromatic rings. The van der Waals surface area contributed by atoms with Gasteiger partial charge in [-0.1, -0.05) is 58.0 Å². The van der Waals surface area contributed by atoms with Gasteiger partial charge in [-0.15, -0.1) is 0 Å². The lowest BCUT2D eigenvalue weighted by Gasteiger charge is -2.42. The summed E-state index contributed by atoms with van der Waals surface area (Å²) in [6.45, 7) is 9.23. The van der Waals surface area contributed by atoms with Crippen molar-refractivity contribution >= 4 is 0 Å². The van der Waals surface area contributed by atoms with Crippen LogP contribution in [-0.2, 0) is 10.8 Å². The van der Waals surface area contributed by atoms with Gasteiger partial charge in [-0.05, 0) is 58.1 Å². The zero-order valence-corrected chi connectivity index (χ0v) is 14.3. The van der Waals surface area contributed by atoms with Crippen molar-refractivity contribution in [3.8, 4) is 16.9 Å². The normalized spacial score (nSPS) is 18.3. The largest absolute Gasteiger partial charge is 0.504 e. The molecule has 1 N–H and O–H groups in total. The molecule has 0 fully saturated rings.